The molecule has 0 aliphatic carbocycles. The lowest BCUT2D eigenvalue weighted by Gasteiger charge is -2.22. The van der Waals surface area contributed by atoms with E-state index in [1.54, 1.807) is 4.90 Å². The van der Waals surface area contributed by atoms with Crippen molar-refractivity contribution in [3.63, 3.8) is 0 Å². The smallest absolute Gasteiger partial charge is 0.272 e. The predicted octanol–water partition coefficient (Wildman–Crippen LogP) is 5.16. The molecule has 0 radical (unpaired) electrons. The number of hydrogen-bond donors (Lipinski definition) is 0. The van der Waals surface area contributed by atoms with E-state index in [1.807, 2.05) is 32.9 Å². The van der Waals surface area contributed by atoms with Gasteiger partial charge in [0.25, 0.3) is 5.91 Å². The second kappa shape index (κ2) is 7.47. The number of hydrogen-bond acceptors (Lipinski definition) is 6. The van der Waals surface area contributed by atoms with Gasteiger partial charge in [0.1, 0.15) is 4.88 Å². The number of halogens is 1. The van der Waals surface area contributed by atoms with Gasteiger partial charge in [0.15, 0.2) is 5.13 Å². The fourth-order valence-electron chi connectivity index (χ4n) is 3.30. The summed E-state index contributed by atoms with van der Waals surface area (Å²) in [7, 11) is 0. The summed E-state index contributed by atoms with van der Waals surface area (Å²) in [6.07, 6.45) is 2.01. The number of aromatic nitrogens is 2. The summed E-state index contributed by atoms with van der Waals surface area (Å²) in [5, 5.41) is 2.21. The van der Waals surface area contributed by atoms with Crippen LogP contribution in [0.2, 0.25) is 5.02 Å². The van der Waals surface area contributed by atoms with E-state index < -0.39 is 0 Å². The van der Waals surface area contributed by atoms with Crippen molar-refractivity contribution < 1.29 is 9.53 Å². The van der Waals surface area contributed by atoms with Crippen molar-refractivity contribution in [1.29, 1.82) is 0 Å². The van der Waals surface area contributed by atoms with E-state index in [2.05, 4.69) is 4.98 Å². The molecule has 0 saturated carbocycles. The van der Waals surface area contributed by atoms with Gasteiger partial charge in [-0.05, 0) is 45.2 Å². The van der Waals surface area contributed by atoms with Crippen LogP contribution >= 0.6 is 34.3 Å². The Morgan fingerprint density at radius 1 is 1.30 bits per heavy atom. The highest BCUT2D eigenvalue weighted by Crippen LogP contribution is 2.37. The first-order valence-electron chi connectivity index (χ1n) is 8.87. The SMILES string of the molecule is Cc1nc(C)c(C(=O)N(CC2CCCO2)c2nc3c(C)ccc(Cl)c3s2)s1. The van der Waals surface area contributed by atoms with Gasteiger partial charge in [-0.25, -0.2) is 9.97 Å². The Kier molecular flexibility index (Phi) is 5.20. The molecule has 3 aromatic rings. The summed E-state index contributed by atoms with van der Waals surface area (Å²) in [6.45, 7) is 7.03. The zero-order chi connectivity index (χ0) is 19.1. The van der Waals surface area contributed by atoms with Crippen LogP contribution in [0, 0.1) is 20.8 Å². The Morgan fingerprint density at radius 3 is 2.74 bits per heavy atom. The fraction of sp³-hybridized carbons (Fsp3) is 0.421. The highest BCUT2D eigenvalue weighted by atomic mass is 35.5. The molecular formula is C19H20ClN3O2S2. The number of nitrogens with zero attached hydrogens (tertiary/aromatic N) is 3. The third-order valence-corrected chi connectivity index (χ3v) is 7.27. The molecule has 1 unspecified atom stereocenters. The Morgan fingerprint density at radius 2 is 2.11 bits per heavy atom. The van der Waals surface area contributed by atoms with Gasteiger partial charge in [0, 0.05) is 6.61 Å². The van der Waals surface area contributed by atoms with Gasteiger partial charge < -0.3 is 4.74 Å². The molecule has 142 valence electrons. The minimum absolute atomic E-state index is 0.0341. The number of anilines is 1. The number of aryl methyl sites for hydroxylation is 3. The molecule has 1 atom stereocenters. The van der Waals surface area contributed by atoms with Crippen molar-refractivity contribution in [2.45, 2.75) is 39.7 Å². The molecule has 5 nitrogen and oxygen atoms in total. The molecule has 1 aliphatic heterocycles. The second-order valence-corrected chi connectivity index (χ2v) is 9.32. The van der Waals surface area contributed by atoms with Crippen molar-refractivity contribution in [1.82, 2.24) is 9.97 Å². The van der Waals surface area contributed by atoms with E-state index >= 15 is 0 Å². The topological polar surface area (TPSA) is 55.3 Å². The number of ether oxygens (including phenoxy) is 1. The van der Waals surface area contributed by atoms with Crippen LogP contribution < -0.4 is 4.90 Å². The van der Waals surface area contributed by atoms with Gasteiger partial charge in [-0.1, -0.05) is 29.0 Å². The van der Waals surface area contributed by atoms with Crippen LogP contribution in [-0.4, -0.2) is 35.1 Å². The lowest BCUT2D eigenvalue weighted by atomic mass is 10.2. The third kappa shape index (κ3) is 3.61. The van der Waals surface area contributed by atoms with Gasteiger partial charge in [0.2, 0.25) is 0 Å². The van der Waals surface area contributed by atoms with Crippen molar-refractivity contribution in [2.75, 3.05) is 18.1 Å². The van der Waals surface area contributed by atoms with E-state index in [1.165, 1.54) is 22.7 Å². The van der Waals surface area contributed by atoms with Crippen LogP contribution in [0.5, 0.6) is 0 Å². The minimum Gasteiger partial charge on any atom is -0.376 e. The number of fused-ring (bicyclic) bond motifs is 1. The van der Waals surface area contributed by atoms with Crippen LogP contribution in [0.4, 0.5) is 5.13 Å². The van der Waals surface area contributed by atoms with Crippen molar-refractivity contribution in [2.24, 2.45) is 0 Å². The van der Waals surface area contributed by atoms with Crippen LogP contribution in [0.1, 0.15) is 38.8 Å². The highest BCUT2D eigenvalue weighted by molar-refractivity contribution is 7.23. The number of benzene rings is 1. The third-order valence-electron chi connectivity index (χ3n) is 4.67. The molecule has 27 heavy (non-hydrogen) atoms. The maximum Gasteiger partial charge on any atom is 0.272 e. The van der Waals surface area contributed by atoms with E-state index in [0.29, 0.717) is 21.6 Å². The standard InChI is InChI=1S/C19H20ClN3O2S2/c1-10-6-7-14(20)17-15(10)22-19(27-17)23(9-13-5-4-8-25-13)18(24)16-11(2)21-12(3)26-16/h6-7,13H,4-5,8-9H2,1-3H3. The molecule has 4 rings (SSSR count). The summed E-state index contributed by atoms with van der Waals surface area (Å²) in [5.74, 6) is -0.0681. The first-order valence-corrected chi connectivity index (χ1v) is 10.9. The number of carbonyl (C=O) groups excluding carboxylic acids is 1. The Bertz CT molecular complexity index is 969. The Hall–Kier alpha value is -1.54. The molecule has 3 heterocycles. The van der Waals surface area contributed by atoms with Crippen LogP contribution in [0.25, 0.3) is 10.2 Å². The molecule has 8 heteroatoms. The largest absolute Gasteiger partial charge is 0.376 e. The molecule has 1 fully saturated rings. The molecule has 0 spiro atoms. The summed E-state index contributed by atoms with van der Waals surface area (Å²) in [5.41, 5.74) is 2.66. The van der Waals surface area contributed by atoms with E-state index in [9.17, 15) is 4.79 Å². The van der Waals surface area contributed by atoms with E-state index in [-0.39, 0.29) is 12.0 Å². The predicted molar refractivity (Wildman–Crippen MR) is 112 cm³/mol. The first-order chi connectivity index (χ1) is 12.9. The second-order valence-electron chi connectivity index (χ2n) is 6.74. The zero-order valence-electron chi connectivity index (χ0n) is 15.4. The maximum absolute atomic E-state index is 13.4. The number of rotatable bonds is 4. The zero-order valence-corrected chi connectivity index (χ0v) is 17.8. The lowest BCUT2D eigenvalue weighted by Crippen LogP contribution is -2.37. The quantitative estimate of drug-likeness (QED) is 0.584. The molecule has 1 aliphatic rings. The van der Waals surface area contributed by atoms with Crippen LogP contribution in [-0.2, 0) is 4.74 Å². The average molecular weight is 422 g/mol. The van der Waals surface area contributed by atoms with Crippen molar-refractivity contribution >= 4 is 55.5 Å². The fourth-order valence-corrected chi connectivity index (χ4v) is 5.49. The molecule has 1 aromatic carbocycles. The maximum atomic E-state index is 13.4. The normalized spacial score (nSPS) is 17.0. The summed E-state index contributed by atoms with van der Waals surface area (Å²) in [4.78, 5) is 25.0. The highest BCUT2D eigenvalue weighted by Gasteiger charge is 2.29. The molecule has 1 amide bonds. The molecule has 0 bridgehead atoms. The monoisotopic (exact) mass is 421 g/mol. The van der Waals surface area contributed by atoms with Gasteiger partial charge in [-0.3, -0.25) is 9.69 Å². The van der Waals surface area contributed by atoms with Gasteiger partial charge in [-0.15, -0.1) is 11.3 Å². The number of thiazole rings is 2. The molecular weight excluding hydrogens is 402 g/mol. The molecule has 1 saturated heterocycles. The van der Waals surface area contributed by atoms with E-state index in [4.69, 9.17) is 21.3 Å². The van der Waals surface area contributed by atoms with Crippen LogP contribution in [0.15, 0.2) is 12.1 Å². The first kappa shape index (κ1) is 18.8. The Labute approximate surface area is 171 Å². The number of carbonyl (C=O) groups is 1. The molecule has 2 aromatic heterocycles. The van der Waals surface area contributed by atoms with Crippen molar-refractivity contribution in [3.8, 4) is 0 Å². The number of amides is 1. The van der Waals surface area contributed by atoms with Gasteiger partial charge >= 0.3 is 0 Å². The summed E-state index contributed by atoms with van der Waals surface area (Å²) < 4.78 is 6.70. The molecule has 0 N–H and O–H groups in total. The van der Waals surface area contributed by atoms with Gasteiger partial charge in [0.05, 0.1) is 38.6 Å². The van der Waals surface area contributed by atoms with Crippen molar-refractivity contribution in [3.05, 3.63) is 38.3 Å². The van der Waals surface area contributed by atoms with Gasteiger partial charge in [-0.2, -0.15) is 0 Å². The average Bonchev–Trinajstić information content (AvgIpc) is 3.35. The van der Waals surface area contributed by atoms with E-state index in [0.717, 1.165) is 45.9 Å². The lowest BCUT2D eigenvalue weighted by molar-refractivity contribution is 0.0920. The minimum atomic E-state index is -0.0681. The summed E-state index contributed by atoms with van der Waals surface area (Å²) in [6, 6.07) is 3.83. The Balaban J connectivity index is 1.77. The van der Waals surface area contributed by atoms with Crippen LogP contribution in [0.3, 0.4) is 0 Å². The summed E-state index contributed by atoms with van der Waals surface area (Å²) >= 11 is 9.26.